The average Bonchev–Trinajstić information content (AvgIpc) is 2.64. The van der Waals surface area contributed by atoms with E-state index >= 15 is 0 Å². The molecule has 0 bridgehead atoms. The van der Waals surface area contributed by atoms with Crippen molar-refractivity contribution in [2.45, 2.75) is 24.0 Å². The molecule has 1 aromatic rings. The summed E-state index contributed by atoms with van der Waals surface area (Å²) in [4.78, 5) is 44.0. The van der Waals surface area contributed by atoms with E-state index in [0.717, 1.165) is 0 Å². The Morgan fingerprint density at radius 1 is 1.35 bits per heavy atom. The van der Waals surface area contributed by atoms with Crippen LogP contribution in [0.2, 0.25) is 5.02 Å². The van der Waals surface area contributed by atoms with Crippen LogP contribution in [0.4, 0.5) is 0 Å². The monoisotopic (exact) mass is 420 g/mol. The number of amides is 2. The minimum Gasteiger partial charge on any atom is -0.469 e. The van der Waals surface area contributed by atoms with Crippen molar-refractivity contribution < 1.29 is 19.1 Å². The van der Waals surface area contributed by atoms with Gasteiger partial charge >= 0.3 is 5.97 Å². The first-order valence-corrected chi connectivity index (χ1v) is 10.6. The summed E-state index contributed by atoms with van der Waals surface area (Å²) in [6.45, 7) is 0.127. The van der Waals surface area contributed by atoms with E-state index < -0.39 is 17.9 Å². The summed E-state index contributed by atoms with van der Waals surface area (Å²) in [6, 6.07) is -0.767. The summed E-state index contributed by atoms with van der Waals surface area (Å²) in [5.74, 6) is -0.691. The SMILES string of the molecule is COC(=O)CCNC(=O)[C@H](CCSC)NC(=O)c1nc(SC)ncc1Cl. The van der Waals surface area contributed by atoms with Crippen LogP contribution in [0.3, 0.4) is 0 Å². The fraction of sp³-hybridized carbons (Fsp3) is 0.533. The molecule has 11 heteroatoms. The first-order valence-electron chi connectivity index (χ1n) is 7.63. The number of methoxy groups -OCH3 is 1. The molecule has 0 aromatic carbocycles. The van der Waals surface area contributed by atoms with Crippen molar-refractivity contribution in [2.75, 3.05) is 31.9 Å². The van der Waals surface area contributed by atoms with Crippen LogP contribution in [0.15, 0.2) is 11.4 Å². The molecule has 26 heavy (non-hydrogen) atoms. The lowest BCUT2D eigenvalue weighted by atomic mass is 10.2. The zero-order chi connectivity index (χ0) is 19.5. The highest BCUT2D eigenvalue weighted by Crippen LogP contribution is 2.16. The smallest absolute Gasteiger partial charge is 0.307 e. The molecule has 0 unspecified atom stereocenters. The van der Waals surface area contributed by atoms with Crippen molar-refractivity contribution in [2.24, 2.45) is 0 Å². The van der Waals surface area contributed by atoms with E-state index in [0.29, 0.717) is 17.3 Å². The summed E-state index contributed by atoms with van der Waals surface area (Å²) in [5.41, 5.74) is 0.0162. The molecule has 0 aliphatic carbocycles. The number of hydrogen-bond acceptors (Lipinski definition) is 8. The molecule has 1 rings (SSSR count). The molecule has 2 N–H and O–H groups in total. The van der Waals surface area contributed by atoms with Crippen LogP contribution in [-0.2, 0) is 14.3 Å². The van der Waals surface area contributed by atoms with Crippen LogP contribution in [0.1, 0.15) is 23.3 Å². The van der Waals surface area contributed by atoms with Crippen LogP contribution in [0.25, 0.3) is 0 Å². The zero-order valence-corrected chi connectivity index (χ0v) is 17.1. The van der Waals surface area contributed by atoms with Crippen molar-refractivity contribution in [1.82, 2.24) is 20.6 Å². The van der Waals surface area contributed by atoms with Gasteiger partial charge in [-0.1, -0.05) is 23.4 Å². The van der Waals surface area contributed by atoms with E-state index in [1.807, 2.05) is 6.26 Å². The van der Waals surface area contributed by atoms with Gasteiger partial charge in [0, 0.05) is 6.54 Å². The zero-order valence-electron chi connectivity index (χ0n) is 14.7. The topological polar surface area (TPSA) is 110 Å². The third-order valence-electron chi connectivity index (χ3n) is 3.21. The molecular weight excluding hydrogens is 400 g/mol. The number of carbonyl (C=O) groups excluding carboxylic acids is 3. The second-order valence-corrected chi connectivity index (χ2v) is 7.14. The Bertz CT molecular complexity index is 648. The van der Waals surface area contributed by atoms with Gasteiger partial charge in [0.05, 0.1) is 24.8 Å². The fourth-order valence-corrected chi connectivity index (χ4v) is 2.84. The standard InChI is InChI=1S/C15H21ClN4O4S2/c1-24-11(21)4-6-17-13(22)10(5-7-25-2)19-14(23)12-9(16)8-18-15(20-12)26-3/h8,10H,4-7H2,1-3H3,(H,17,22)(H,19,23)/t10-/m0/s1. The Labute approximate surface area is 165 Å². The highest BCUT2D eigenvalue weighted by molar-refractivity contribution is 7.98. The molecule has 8 nitrogen and oxygen atoms in total. The van der Waals surface area contributed by atoms with E-state index in [1.165, 1.54) is 25.1 Å². The number of aromatic nitrogens is 2. The van der Waals surface area contributed by atoms with Crippen molar-refractivity contribution >= 4 is 52.9 Å². The highest BCUT2D eigenvalue weighted by atomic mass is 35.5. The molecule has 0 aliphatic heterocycles. The molecule has 0 saturated carbocycles. The van der Waals surface area contributed by atoms with Crippen molar-refractivity contribution in [1.29, 1.82) is 0 Å². The maximum atomic E-state index is 12.5. The minimum atomic E-state index is -0.767. The van der Waals surface area contributed by atoms with Crippen LogP contribution < -0.4 is 10.6 Å². The lowest BCUT2D eigenvalue weighted by molar-refractivity contribution is -0.140. The molecule has 0 radical (unpaired) electrons. The Hall–Kier alpha value is -1.52. The van der Waals surface area contributed by atoms with Gasteiger partial charge in [-0.3, -0.25) is 14.4 Å². The molecule has 0 spiro atoms. The van der Waals surface area contributed by atoms with Gasteiger partial charge in [0.25, 0.3) is 5.91 Å². The first kappa shape index (κ1) is 22.5. The van der Waals surface area contributed by atoms with Gasteiger partial charge in [0.15, 0.2) is 10.9 Å². The number of ether oxygens (including phenoxy) is 1. The Kier molecular flexibility index (Phi) is 10.4. The quantitative estimate of drug-likeness (QED) is 0.332. The number of halogens is 1. The van der Waals surface area contributed by atoms with Crippen molar-refractivity contribution in [3.05, 3.63) is 16.9 Å². The number of rotatable bonds is 10. The van der Waals surface area contributed by atoms with Gasteiger partial charge in [-0.25, -0.2) is 9.97 Å². The number of nitrogens with one attached hydrogen (secondary N) is 2. The van der Waals surface area contributed by atoms with Crippen LogP contribution in [-0.4, -0.2) is 65.7 Å². The molecule has 0 aliphatic rings. The maximum absolute atomic E-state index is 12.5. The molecule has 0 fully saturated rings. The predicted octanol–water partition coefficient (Wildman–Crippen LogP) is 1.38. The van der Waals surface area contributed by atoms with Crippen LogP contribution >= 0.6 is 35.1 Å². The lowest BCUT2D eigenvalue weighted by Gasteiger charge is -2.18. The summed E-state index contributed by atoms with van der Waals surface area (Å²) in [7, 11) is 1.28. The molecule has 1 heterocycles. The normalized spacial score (nSPS) is 11.5. The number of hydrogen-bond donors (Lipinski definition) is 2. The second kappa shape index (κ2) is 12.0. The Morgan fingerprint density at radius 3 is 2.69 bits per heavy atom. The lowest BCUT2D eigenvalue weighted by Crippen LogP contribution is -2.47. The van der Waals surface area contributed by atoms with Gasteiger partial charge in [-0.15, -0.1) is 0 Å². The summed E-state index contributed by atoms with van der Waals surface area (Å²) < 4.78 is 4.52. The van der Waals surface area contributed by atoms with Gasteiger partial charge in [0.1, 0.15) is 6.04 Å². The molecule has 144 valence electrons. The maximum Gasteiger partial charge on any atom is 0.307 e. The molecule has 1 atom stereocenters. The van der Waals surface area contributed by atoms with E-state index in [9.17, 15) is 14.4 Å². The number of thioether (sulfide) groups is 2. The number of nitrogens with zero attached hydrogens (tertiary/aromatic N) is 2. The van der Waals surface area contributed by atoms with E-state index in [1.54, 1.807) is 18.0 Å². The third kappa shape index (κ3) is 7.38. The van der Waals surface area contributed by atoms with Gasteiger partial charge < -0.3 is 15.4 Å². The first-order chi connectivity index (χ1) is 12.4. The number of carbonyl (C=O) groups is 3. The third-order valence-corrected chi connectivity index (χ3v) is 4.69. The summed E-state index contributed by atoms with van der Waals surface area (Å²) >= 11 is 8.83. The molecular formula is C15H21ClN4O4S2. The molecule has 0 saturated heterocycles. The Balaban J connectivity index is 2.78. The largest absolute Gasteiger partial charge is 0.469 e. The molecule has 1 aromatic heterocycles. The average molecular weight is 421 g/mol. The van der Waals surface area contributed by atoms with Gasteiger partial charge in [-0.05, 0) is 24.7 Å². The highest BCUT2D eigenvalue weighted by Gasteiger charge is 2.23. The summed E-state index contributed by atoms with van der Waals surface area (Å²) in [6.07, 6.45) is 5.51. The summed E-state index contributed by atoms with van der Waals surface area (Å²) in [5, 5.41) is 5.78. The van der Waals surface area contributed by atoms with E-state index in [2.05, 4.69) is 25.3 Å². The van der Waals surface area contributed by atoms with Crippen LogP contribution in [0, 0.1) is 0 Å². The van der Waals surface area contributed by atoms with Gasteiger partial charge in [-0.2, -0.15) is 11.8 Å². The fourth-order valence-electron chi connectivity index (χ4n) is 1.85. The van der Waals surface area contributed by atoms with E-state index in [4.69, 9.17) is 11.6 Å². The van der Waals surface area contributed by atoms with Crippen molar-refractivity contribution in [3.8, 4) is 0 Å². The second-order valence-electron chi connectivity index (χ2n) is 4.98. The van der Waals surface area contributed by atoms with Crippen molar-refractivity contribution in [3.63, 3.8) is 0 Å². The van der Waals surface area contributed by atoms with E-state index in [-0.39, 0.29) is 29.6 Å². The van der Waals surface area contributed by atoms with Crippen LogP contribution in [0.5, 0.6) is 0 Å². The Morgan fingerprint density at radius 2 is 2.08 bits per heavy atom. The molecule has 2 amide bonds. The van der Waals surface area contributed by atoms with Gasteiger partial charge in [0.2, 0.25) is 5.91 Å². The number of esters is 1. The minimum absolute atomic E-state index is 0.0162. The predicted molar refractivity (Wildman–Crippen MR) is 103 cm³/mol.